The van der Waals surface area contributed by atoms with Gasteiger partial charge in [0.05, 0.1) is 22.3 Å². The Hall–Kier alpha value is -2.31. The number of thiazole rings is 1. The predicted molar refractivity (Wildman–Crippen MR) is 106 cm³/mol. The number of benzene rings is 2. The lowest BCUT2D eigenvalue weighted by Crippen LogP contribution is -2.20. The average molecular weight is 391 g/mol. The SMILES string of the molecule is COc1cc2sc(NC(=O)COc3ccc(C(C)C)cc3)nc2cc1Cl. The maximum absolute atomic E-state index is 12.1. The van der Waals surface area contributed by atoms with Crippen LogP contribution in [-0.4, -0.2) is 24.6 Å². The molecule has 0 spiro atoms. The van der Waals surface area contributed by atoms with Gasteiger partial charge in [0, 0.05) is 6.07 Å². The summed E-state index contributed by atoms with van der Waals surface area (Å²) in [6.07, 6.45) is 0. The van der Waals surface area contributed by atoms with Crippen LogP contribution in [0.4, 0.5) is 5.13 Å². The van der Waals surface area contributed by atoms with Gasteiger partial charge >= 0.3 is 0 Å². The van der Waals surface area contributed by atoms with E-state index in [1.807, 2.05) is 24.3 Å². The van der Waals surface area contributed by atoms with Gasteiger partial charge in [-0.05, 0) is 29.7 Å². The van der Waals surface area contributed by atoms with Gasteiger partial charge in [-0.15, -0.1) is 0 Å². The lowest BCUT2D eigenvalue weighted by atomic mass is 10.0. The normalized spacial score (nSPS) is 11.0. The van der Waals surface area contributed by atoms with Gasteiger partial charge in [-0.1, -0.05) is 48.9 Å². The van der Waals surface area contributed by atoms with Gasteiger partial charge in [0.2, 0.25) is 0 Å². The molecule has 1 aromatic heterocycles. The lowest BCUT2D eigenvalue weighted by Gasteiger charge is -2.08. The number of methoxy groups -OCH3 is 1. The number of anilines is 1. The van der Waals surface area contributed by atoms with Crippen molar-refractivity contribution in [2.45, 2.75) is 19.8 Å². The van der Waals surface area contributed by atoms with E-state index in [0.29, 0.717) is 33.1 Å². The number of fused-ring (bicyclic) bond motifs is 1. The summed E-state index contributed by atoms with van der Waals surface area (Å²) >= 11 is 7.45. The summed E-state index contributed by atoms with van der Waals surface area (Å²) in [5.41, 5.74) is 1.94. The number of amides is 1. The molecule has 1 N–H and O–H groups in total. The van der Waals surface area contributed by atoms with Crippen molar-refractivity contribution in [1.29, 1.82) is 0 Å². The van der Waals surface area contributed by atoms with Crippen LogP contribution in [-0.2, 0) is 4.79 Å². The van der Waals surface area contributed by atoms with Crippen LogP contribution in [0.25, 0.3) is 10.2 Å². The molecule has 1 amide bonds. The average Bonchev–Trinajstić information content (AvgIpc) is 3.00. The smallest absolute Gasteiger partial charge is 0.264 e. The fourth-order valence-electron chi connectivity index (χ4n) is 2.39. The predicted octanol–water partition coefficient (Wildman–Crippen LogP) is 5.10. The highest BCUT2D eigenvalue weighted by Gasteiger charge is 2.11. The van der Waals surface area contributed by atoms with Crippen LogP contribution in [0.1, 0.15) is 25.3 Å². The van der Waals surface area contributed by atoms with E-state index in [2.05, 4.69) is 24.1 Å². The Kier molecular flexibility index (Phi) is 5.64. The number of hydrogen-bond donors (Lipinski definition) is 1. The number of carbonyl (C=O) groups excluding carboxylic acids is 1. The molecule has 0 radical (unpaired) electrons. The first-order valence-corrected chi connectivity index (χ1v) is 9.32. The number of nitrogens with one attached hydrogen (secondary N) is 1. The van der Waals surface area contributed by atoms with Crippen LogP contribution >= 0.6 is 22.9 Å². The van der Waals surface area contributed by atoms with Crippen molar-refractivity contribution >= 4 is 44.2 Å². The van der Waals surface area contributed by atoms with Crippen LogP contribution in [0, 0.1) is 0 Å². The summed E-state index contributed by atoms with van der Waals surface area (Å²) in [7, 11) is 1.56. The number of hydrogen-bond acceptors (Lipinski definition) is 5. The number of aromatic nitrogens is 1. The lowest BCUT2D eigenvalue weighted by molar-refractivity contribution is -0.118. The van der Waals surface area contributed by atoms with E-state index in [0.717, 1.165) is 4.70 Å². The maximum Gasteiger partial charge on any atom is 0.264 e. The Balaban J connectivity index is 1.61. The topological polar surface area (TPSA) is 60.5 Å². The van der Waals surface area contributed by atoms with Crippen molar-refractivity contribution in [1.82, 2.24) is 4.98 Å². The number of rotatable bonds is 6. The first kappa shape index (κ1) is 18.5. The van der Waals surface area contributed by atoms with Gasteiger partial charge in [-0.2, -0.15) is 0 Å². The standard InChI is InChI=1S/C19H19ClN2O3S/c1-11(2)12-4-6-13(7-5-12)25-10-18(23)22-19-21-15-8-14(20)16(24-3)9-17(15)26-19/h4-9,11H,10H2,1-3H3,(H,21,22,23). The summed E-state index contributed by atoms with van der Waals surface area (Å²) in [6.45, 7) is 4.18. The molecule has 5 nitrogen and oxygen atoms in total. The molecule has 136 valence electrons. The summed E-state index contributed by atoms with van der Waals surface area (Å²) in [4.78, 5) is 16.5. The van der Waals surface area contributed by atoms with Crippen molar-refractivity contribution in [2.75, 3.05) is 19.0 Å². The monoisotopic (exact) mass is 390 g/mol. The number of halogens is 1. The molecule has 3 aromatic rings. The Morgan fingerprint density at radius 3 is 2.65 bits per heavy atom. The Morgan fingerprint density at radius 1 is 1.27 bits per heavy atom. The van der Waals surface area contributed by atoms with E-state index in [4.69, 9.17) is 21.1 Å². The van der Waals surface area contributed by atoms with Crippen LogP contribution in [0.15, 0.2) is 36.4 Å². The van der Waals surface area contributed by atoms with Gasteiger partial charge < -0.3 is 9.47 Å². The van der Waals surface area contributed by atoms with Crippen molar-refractivity contribution in [3.63, 3.8) is 0 Å². The highest BCUT2D eigenvalue weighted by molar-refractivity contribution is 7.22. The van der Waals surface area contributed by atoms with E-state index < -0.39 is 0 Å². The van der Waals surface area contributed by atoms with Crippen molar-refractivity contribution in [2.24, 2.45) is 0 Å². The third kappa shape index (κ3) is 4.26. The maximum atomic E-state index is 12.1. The van der Waals surface area contributed by atoms with E-state index in [1.54, 1.807) is 19.2 Å². The first-order chi connectivity index (χ1) is 12.5. The molecule has 2 aromatic carbocycles. The molecule has 3 rings (SSSR count). The first-order valence-electron chi connectivity index (χ1n) is 8.13. The number of nitrogens with zero attached hydrogens (tertiary/aromatic N) is 1. The minimum atomic E-state index is -0.268. The minimum absolute atomic E-state index is 0.0823. The summed E-state index contributed by atoms with van der Waals surface area (Å²) in [6, 6.07) is 11.3. The number of ether oxygens (including phenoxy) is 2. The largest absolute Gasteiger partial charge is 0.495 e. The summed E-state index contributed by atoms with van der Waals surface area (Å²) in [5, 5.41) is 3.72. The zero-order valence-corrected chi connectivity index (χ0v) is 16.3. The summed E-state index contributed by atoms with van der Waals surface area (Å²) < 4.78 is 11.6. The van der Waals surface area contributed by atoms with Gasteiger partial charge in [-0.25, -0.2) is 4.98 Å². The molecule has 0 bridgehead atoms. The molecule has 26 heavy (non-hydrogen) atoms. The van der Waals surface area contributed by atoms with E-state index >= 15 is 0 Å². The highest BCUT2D eigenvalue weighted by atomic mass is 35.5. The second kappa shape index (κ2) is 7.93. The fourth-order valence-corrected chi connectivity index (χ4v) is 3.52. The third-order valence-electron chi connectivity index (χ3n) is 3.83. The van der Waals surface area contributed by atoms with E-state index in [-0.39, 0.29) is 12.5 Å². The van der Waals surface area contributed by atoms with Crippen LogP contribution in [0.3, 0.4) is 0 Å². The Bertz CT molecular complexity index is 922. The third-order valence-corrected chi connectivity index (χ3v) is 5.05. The Labute approximate surface area is 160 Å². The highest BCUT2D eigenvalue weighted by Crippen LogP contribution is 2.34. The molecular weight excluding hydrogens is 372 g/mol. The second-order valence-corrected chi connectivity index (χ2v) is 7.47. The molecule has 1 heterocycles. The van der Waals surface area contributed by atoms with E-state index in [1.165, 1.54) is 16.9 Å². The van der Waals surface area contributed by atoms with Gasteiger partial charge in [0.25, 0.3) is 5.91 Å². The Morgan fingerprint density at radius 2 is 2.00 bits per heavy atom. The van der Waals surface area contributed by atoms with Gasteiger partial charge in [-0.3, -0.25) is 10.1 Å². The van der Waals surface area contributed by atoms with Crippen LogP contribution < -0.4 is 14.8 Å². The molecule has 0 unspecified atom stereocenters. The molecule has 0 aliphatic heterocycles. The molecule has 0 atom stereocenters. The zero-order valence-electron chi connectivity index (χ0n) is 14.7. The molecule has 0 saturated heterocycles. The number of carbonyl (C=O) groups is 1. The van der Waals surface area contributed by atoms with Crippen LogP contribution in [0.5, 0.6) is 11.5 Å². The van der Waals surface area contributed by atoms with E-state index in [9.17, 15) is 4.79 Å². The zero-order chi connectivity index (χ0) is 18.7. The minimum Gasteiger partial charge on any atom is -0.495 e. The van der Waals surface area contributed by atoms with Gasteiger partial charge in [0.1, 0.15) is 11.5 Å². The molecule has 0 aliphatic rings. The molecule has 7 heteroatoms. The second-order valence-electron chi connectivity index (χ2n) is 6.03. The summed E-state index contributed by atoms with van der Waals surface area (Å²) in [5.74, 6) is 1.42. The van der Waals surface area contributed by atoms with Crippen molar-refractivity contribution in [3.8, 4) is 11.5 Å². The van der Waals surface area contributed by atoms with Crippen LogP contribution in [0.2, 0.25) is 5.02 Å². The molecule has 0 fully saturated rings. The van der Waals surface area contributed by atoms with Crippen molar-refractivity contribution in [3.05, 3.63) is 47.0 Å². The molecular formula is C19H19ClN2O3S. The van der Waals surface area contributed by atoms with Gasteiger partial charge in [0.15, 0.2) is 11.7 Å². The molecule has 0 aliphatic carbocycles. The van der Waals surface area contributed by atoms with Crippen molar-refractivity contribution < 1.29 is 14.3 Å². The molecule has 0 saturated carbocycles. The quantitative estimate of drug-likeness (QED) is 0.636. The fraction of sp³-hybridized carbons (Fsp3) is 0.263.